The number of furan rings is 1. The molecule has 0 unspecified atom stereocenters. The van der Waals surface area contributed by atoms with Crippen LogP contribution in [-0.2, 0) is 13.1 Å². The summed E-state index contributed by atoms with van der Waals surface area (Å²) in [5.74, 6) is 0.641. The second-order valence-electron chi connectivity index (χ2n) is 8.29. The Hall–Kier alpha value is -2.05. The molecule has 2 atom stereocenters. The van der Waals surface area contributed by atoms with E-state index < -0.39 is 0 Å². The van der Waals surface area contributed by atoms with Crippen LogP contribution < -0.4 is 5.56 Å². The SMILES string of the molecule is O=C(c1ccc(Cl)o1)N1C[C@@H]2C[C@H](C1)c1ccc(CN3CCCC3)c(=O)n1C2. The number of likely N-dealkylation sites (tertiary alicyclic amines) is 2. The summed E-state index contributed by atoms with van der Waals surface area (Å²) in [6.07, 6.45) is 3.47. The van der Waals surface area contributed by atoms with Gasteiger partial charge in [-0.2, -0.15) is 0 Å². The number of hydrogen-bond acceptors (Lipinski definition) is 4. The number of hydrogen-bond donors (Lipinski definition) is 0. The van der Waals surface area contributed by atoms with Gasteiger partial charge in [0.2, 0.25) is 0 Å². The van der Waals surface area contributed by atoms with Crippen LogP contribution in [0.15, 0.2) is 33.5 Å². The Labute approximate surface area is 168 Å². The second kappa shape index (κ2) is 7.08. The van der Waals surface area contributed by atoms with Gasteiger partial charge in [-0.05, 0) is 68.1 Å². The maximum absolute atomic E-state index is 13.1. The fraction of sp³-hybridized carbons (Fsp3) is 0.524. The standard InChI is InChI=1S/C21H24ClN3O3/c22-19-6-5-18(28-19)21(27)24-10-14-9-16(13-24)17-4-3-15(20(26)25(17)11-14)12-23-7-1-2-8-23/h3-6,14,16H,1-2,7-13H2/t14-,16+/m0/s1. The van der Waals surface area contributed by atoms with E-state index in [1.54, 1.807) is 12.1 Å². The Morgan fingerprint density at radius 3 is 2.68 bits per heavy atom. The highest BCUT2D eigenvalue weighted by Crippen LogP contribution is 2.36. The highest BCUT2D eigenvalue weighted by molar-refractivity contribution is 6.29. The van der Waals surface area contributed by atoms with Crippen molar-refractivity contribution in [3.63, 3.8) is 0 Å². The summed E-state index contributed by atoms with van der Waals surface area (Å²) in [5.41, 5.74) is 2.10. The van der Waals surface area contributed by atoms with Gasteiger partial charge in [0.05, 0.1) is 0 Å². The first-order valence-electron chi connectivity index (χ1n) is 10.1. The molecule has 5 heterocycles. The lowest BCUT2D eigenvalue weighted by Crippen LogP contribution is -2.49. The monoisotopic (exact) mass is 401 g/mol. The first-order chi connectivity index (χ1) is 13.6. The zero-order chi connectivity index (χ0) is 19.3. The third kappa shape index (κ3) is 3.18. The Morgan fingerprint density at radius 1 is 1.11 bits per heavy atom. The molecule has 2 aromatic heterocycles. The lowest BCUT2D eigenvalue weighted by atomic mass is 9.83. The normalized spacial score (nSPS) is 24.4. The molecule has 2 fully saturated rings. The topological polar surface area (TPSA) is 58.7 Å². The van der Waals surface area contributed by atoms with Crippen molar-refractivity contribution >= 4 is 17.5 Å². The lowest BCUT2D eigenvalue weighted by Gasteiger charge is -2.42. The average Bonchev–Trinajstić information content (AvgIpc) is 3.35. The minimum absolute atomic E-state index is 0.122. The molecule has 0 aliphatic carbocycles. The number of nitrogens with zero attached hydrogens (tertiary/aromatic N) is 3. The van der Waals surface area contributed by atoms with Crippen molar-refractivity contribution in [2.24, 2.45) is 5.92 Å². The van der Waals surface area contributed by atoms with Crippen LogP contribution in [0.2, 0.25) is 5.22 Å². The zero-order valence-corrected chi connectivity index (χ0v) is 16.5. The molecule has 6 nitrogen and oxygen atoms in total. The molecule has 0 aromatic carbocycles. The molecular weight excluding hydrogens is 378 g/mol. The summed E-state index contributed by atoms with van der Waals surface area (Å²) in [6, 6.07) is 7.32. The third-order valence-electron chi connectivity index (χ3n) is 6.35. The Balaban J connectivity index is 1.39. The zero-order valence-electron chi connectivity index (χ0n) is 15.8. The van der Waals surface area contributed by atoms with Gasteiger partial charge in [-0.25, -0.2) is 0 Å². The number of rotatable bonds is 3. The second-order valence-corrected chi connectivity index (χ2v) is 8.67. The minimum atomic E-state index is -0.122. The molecule has 7 heteroatoms. The summed E-state index contributed by atoms with van der Waals surface area (Å²) in [4.78, 5) is 30.1. The largest absolute Gasteiger partial charge is 0.440 e. The van der Waals surface area contributed by atoms with Crippen LogP contribution in [0.1, 0.15) is 47.0 Å². The first kappa shape index (κ1) is 18.0. The molecule has 3 aliphatic rings. The van der Waals surface area contributed by atoms with E-state index in [4.69, 9.17) is 16.0 Å². The molecular formula is C21H24ClN3O3. The molecule has 0 saturated carbocycles. The van der Waals surface area contributed by atoms with Gasteiger partial charge in [-0.1, -0.05) is 6.07 Å². The van der Waals surface area contributed by atoms with Crippen molar-refractivity contribution in [2.75, 3.05) is 26.2 Å². The average molecular weight is 402 g/mol. The van der Waals surface area contributed by atoms with Gasteiger partial charge in [0.1, 0.15) is 0 Å². The third-order valence-corrected chi connectivity index (χ3v) is 6.55. The summed E-state index contributed by atoms with van der Waals surface area (Å²) in [6.45, 7) is 4.86. The highest BCUT2D eigenvalue weighted by atomic mass is 35.5. The molecule has 0 radical (unpaired) electrons. The van der Waals surface area contributed by atoms with Crippen LogP contribution >= 0.6 is 11.6 Å². The molecule has 148 valence electrons. The van der Waals surface area contributed by atoms with E-state index in [-0.39, 0.29) is 28.4 Å². The van der Waals surface area contributed by atoms with Crippen molar-refractivity contribution in [3.05, 3.63) is 56.9 Å². The van der Waals surface area contributed by atoms with Crippen molar-refractivity contribution in [3.8, 4) is 0 Å². The molecule has 0 N–H and O–H groups in total. The van der Waals surface area contributed by atoms with Gasteiger partial charge in [-0.3, -0.25) is 14.5 Å². The van der Waals surface area contributed by atoms with Crippen LogP contribution in [-0.4, -0.2) is 46.5 Å². The number of halogens is 1. The molecule has 2 aromatic rings. The summed E-state index contributed by atoms with van der Waals surface area (Å²) in [5, 5.41) is 0.225. The van der Waals surface area contributed by atoms with Gasteiger partial charge in [0, 0.05) is 43.4 Å². The molecule has 2 saturated heterocycles. The van der Waals surface area contributed by atoms with E-state index in [9.17, 15) is 9.59 Å². The van der Waals surface area contributed by atoms with Crippen LogP contribution in [0.5, 0.6) is 0 Å². The number of fused-ring (bicyclic) bond motifs is 4. The van der Waals surface area contributed by atoms with Crippen molar-refractivity contribution in [1.82, 2.24) is 14.4 Å². The smallest absolute Gasteiger partial charge is 0.289 e. The van der Waals surface area contributed by atoms with Crippen LogP contribution in [0.25, 0.3) is 0 Å². The summed E-state index contributed by atoms with van der Waals surface area (Å²) in [7, 11) is 0. The number of carbonyl (C=O) groups is 1. The molecule has 1 amide bonds. The van der Waals surface area contributed by atoms with E-state index in [1.807, 2.05) is 15.5 Å². The first-order valence-corrected chi connectivity index (χ1v) is 10.5. The van der Waals surface area contributed by atoms with E-state index in [0.29, 0.717) is 25.6 Å². The van der Waals surface area contributed by atoms with Crippen molar-refractivity contribution < 1.29 is 9.21 Å². The number of pyridine rings is 1. The Kier molecular flexibility index (Phi) is 4.56. The van der Waals surface area contributed by atoms with Gasteiger partial charge in [0.15, 0.2) is 11.0 Å². The summed E-state index contributed by atoms with van der Waals surface area (Å²) >= 11 is 5.82. The van der Waals surface area contributed by atoms with E-state index in [0.717, 1.165) is 37.3 Å². The van der Waals surface area contributed by atoms with Gasteiger partial charge < -0.3 is 13.9 Å². The molecule has 3 aliphatic heterocycles. The van der Waals surface area contributed by atoms with Crippen LogP contribution in [0.3, 0.4) is 0 Å². The number of piperidine rings is 1. The quantitative estimate of drug-likeness (QED) is 0.793. The van der Waals surface area contributed by atoms with E-state index in [2.05, 4.69) is 11.0 Å². The van der Waals surface area contributed by atoms with E-state index in [1.165, 1.54) is 12.8 Å². The molecule has 28 heavy (non-hydrogen) atoms. The lowest BCUT2D eigenvalue weighted by molar-refractivity contribution is 0.0563. The Morgan fingerprint density at radius 2 is 1.93 bits per heavy atom. The van der Waals surface area contributed by atoms with Crippen molar-refractivity contribution in [1.29, 1.82) is 0 Å². The molecule has 5 rings (SSSR count). The fourth-order valence-electron chi connectivity index (χ4n) is 5.04. The van der Waals surface area contributed by atoms with Gasteiger partial charge >= 0.3 is 0 Å². The fourth-order valence-corrected chi connectivity index (χ4v) is 5.19. The predicted molar refractivity (Wildman–Crippen MR) is 106 cm³/mol. The van der Waals surface area contributed by atoms with E-state index >= 15 is 0 Å². The van der Waals surface area contributed by atoms with Crippen LogP contribution in [0.4, 0.5) is 0 Å². The number of carbonyl (C=O) groups excluding carboxylic acids is 1. The maximum Gasteiger partial charge on any atom is 0.289 e. The van der Waals surface area contributed by atoms with Crippen molar-refractivity contribution in [2.45, 2.75) is 38.3 Å². The molecule has 2 bridgehead atoms. The number of amides is 1. The number of aromatic nitrogens is 1. The maximum atomic E-state index is 13.1. The predicted octanol–water partition coefficient (Wildman–Crippen LogP) is 2.95. The highest BCUT2D eigenvalue weighted by Gasteiger charge is 2.37. The Bertz CT molecular complexity index is 960. The summed E-state index contributed by atoms with van der Waals surface area (Å²) < 4.78 is 7.27. The van der Waals surface area contributed by atoms with Gasteiger partial charge in [-0.15, -0.1) is 0 Å². The molecule has 0 spiro atoms. The minimum Gasteiger partial charge on any atom is -0.440 e. The van der Waals surface area contributed by atoms with Gasteiger partial charge in [0.25, 0.3) is 11.5 Å². The van der Waals surface area contributed by atoms with Crippen LogP contribution in [0, 0.1) is 5.92 Å².